The van der Waals surface area contributed by atoms with E-state index in [9.17, 15) is 19.5 Å². The van der Waals surface area contributed by atoms with Crippen LogP contribution in [0.15, 0.2) is 29.2 Å². The monoisotopic (exact) mass is 428 g/mol. The van der Waals surface area contributed by atoms with Gasteiger partial charge in [0.25, 0.3) is 0 Å². The number of aliphatic hydroxyl groups is 1. The van der Waals surface area contributed by atoms with Crippen LogP contribution in [0.4, 0.5) is 0 Å². The van der Waals surface area contributed by atoms with Crippen molar-refractivity contribution in [3.63, 3.8) is 0 Å². The lowest BCUT2D eigenvalue weighted by Crippen LogP contribution is -2.60. The van der Waals surface area contributed by atoms with Crippen LogP contribution in [0.5, 0.6) is 5.75 Å². The molecule has 1 N–H and O–H groups in total. The zero-order valence-corrected chi connectivity index (χ0v) is 17.3. The first-order valence-corrected chi connectivity index (χ1v) is 9.71. The Balaban J connectivity index is 2.30. The molecule has 0 radical (unpaired) electrons. The van der Waals surface area contributed by atoms with Crippen molar-refractivity contribution in [1.82, 2.24) is 0 Å². The van der Waals surface area contributed by atoms with Crippen molar-refractivity contribution in [1.29, 1.82) is 0 Å². The minimum absolute atomic E-state index is 0.249. The van der Waals surface area contributed by atoms with Gasteiger partial charge in [-0.05, 0) is 24.3 Å². The van der Waals surface area contributed by atoms with E-state index in [1.165, 1.54) is 32.5 Å². The highest BCUT2D eigenvalue weighted by molar-refractivity contribution is 7.99. The van der Waals surface area contributed by atoms with Crippen molar-refractivity contribution < 1.29 is 43.2 Å². The molecular formula is C19H24O9S. The minimum atomic E-state index is -1.37. The van der Waals surface area contributed by atoms with Crippen LogP contribution in [0.3, 0.4) is 0 Å². The molecule has 29 heavy (non-hydrogen) atoms. The number of thioether (sulfide) groups is 1. The van der Waals surface area contributed by atoms with Gasteiger partial charge in [-0.25, -0.2) is 0 Å². The molecule has 5 atom stereocenters. The number of hydrogen-bond donors (Lipinski definition) is 1. The van der Waals surface area contributed by atoms with Gasteiger partial charge in [0.1, 0.15) is 30.0 Å². The van der Waals surface area contributed by atoms with E-state index < -0.39 is 47.8 Å². The maximum Gasteiger partial charge on any atom is 0.303 e. The standard InChI is InChI=1S/C19H24O9S/c1-10(20)25-9-15-16(23)17(26-11(2)21)18(27-12(3)22)19(28-15)29-14-7-5-13(24-4)6-8-14/h5-8,15-19,23H,9H2,1-4H3/t15-,16+,17+,18-,19+/m1/s1. The van der Waals surface area contributed by atoms with Crippen LogP contribution in [0.25, 0.3) is 0 Å². The quantitative estimate of drug-likeness (QED) is 0.503. The fraction of sp³-hybridized carbons (Fsp3) is 0.526. The van der Waals surface area contributed by atoms with Crippen molar-refractivity contribution >= 4 is 29.7 Å². The maximum absolute atomic E-state index is 11.6. The summed E-state index contributed by atoms with van der Waals surface area (Å²) in [6.45, 7) is 3.36. The molecule has 1 aromatic rings. The van der Waals surface area contributed by atoms with Crippen molar-refractivity contribution in [2.24, 2.45) is 0 Å². The number of esters is 3. The van der Waals surface area contributed by atoms with Gasteiger partial charge in [-0.2, -0.15) is 0 Å². The third kappa shape index (κ3) is 6.62. The molecule has 0 amide bonds. The van der Waals surface area contributed by atoms with Crippen molar-refractivity contribution in [3.05, 3.63) is 24.3 Å². The first-order valence-electron chi connectivity index (χ1n) is 8.83. The molecule has 160 valence electrons. The van der Waals surface area contributed by atoms with Gasteiger partial charge < -0.3 is 28.8 Å². The molecule has 2 rings (SSSR count). The minimum Gasteiger partial charge on any atom is -0.497 e. The van der Waals surface area contributed by atoms with Crippen LogP contribution < -0.4 is 4.74 Å². The van der Waals surface area contributed by atoms with Crippen molar-refractivity contribution in [2.75, 3.05) is 13.7 Å². The Morgan fingerprint density at radius 2 is 1.59 bits per heavy atom. The number of carbonyl (C=O) groups is 3. The maximum atomic E-state index is 11.6. The lowest BCUT2D eigenvalue weighted by molar-refractivity contribution is -0.230. The Morgan fingerprint density at radius 3 is 2.10 bits per heavy atom. The molecule has 0 aliphatic carbocycles. The van der Waals surface area contributed by atoms with Crippen molar-refractivity contribution in [3.8, 4) is 5.75 Å². The number of benzene rings is 1. The Bertz CT molecular complexity index is 721. The van der Waals surface area contributed by atoms with Crippen molar-refractivity contribution in [2.45, 2.75) is 55.5 Å². The van der Waals surface area contributed by atoms with Crippen LogP contribution in [-0.4, -0.2) is 66.6 Å². The van der Waals surface area contributed by atoms with Crippen LogP contribution in [0.1, 0.15) is 20.8 Å². The SMILES string of the molecule is COc1ccc(S[C@@H]2O[C@H](COC(C)=O)[C@H](O)[C@H](OC(C)=O)[C@H]2OC(C)=O)cc1. The second-order valence-corrected chi connectivity index (χ2v) is 7.45. The van der Waals surface area contributed by atoms with Crippen LogP contribution in [-0.2, 0) is 33.3 Å². The Hall–Kier alpha value is -2.30. The smallest absolute Gasteiger partial charge is 0.303 e. The number of carbonyl (C=O) groups excluding carboxylic acids is 3. The van der Waals surface area contributed by atoms with Crippen LogP contribution in [0.2, 0.25) is 0 Å². The van der Waals surface area contributed by atoms with Crippen LogP contribution >= 0.6 is 11.8 Å². The van der Waals surface area contributed by atoms with Crippen LogP contribution in [0, 0.1) is 0 Å². The third-order valence-electron chi connectivity index (χ3n) is 3.99. The van der Waals surface area contributed by atoms with Gasteiger partial charge in [0.2, 0.25) is 0 Å². The summed E-state index contributed by atoms with van der Waals surface area (Å²) in [6, 6.07) is 7.07. The molecule has 0 spiro atoms. The van der Waals surface area contributed by atoms with Gasteiger partial charge in [0.15, 0.2) is 12.2 Å². The Morgan fingerprint density at radius 1 is 1.00 bits per heavy atom. The van der Waals surface area contributed by atoms with E-state index in [1.807, 2.05) is 0 Å². The van der Waals surface area contributed by atoms with Gasteiger partial charge in [0, 0.05) is 25.7 Å². The highest BCUT2D eigenvalue weighted by Gasteiger charge is 2.50. The van der Waals surface area contributed by atoms with Gasteiger partial charge in [-0.3, -0.25) is 14.4 Å². The normalized spacial score (nSPS) is 26.3. The van der Waals surface area contributed by atoms with E-state index in [0.29, 0.717) is 5.75 Å². The first kappa shape index (κ1) is 23.0. The average Bonchev–Trinajstić information content (AvgIpc) is 2.65. The topological polar surface area (TPSA) is 118 Å². The summed E-state index contributed by atoms with van der Waals surface area (Å²) in [5, 5.41) is 10.6. The molecule has 1 saturated heterocycles. The summed E-state index contributed by atoms with van der Waals surface area (Å²) in [4.78, 5) is 35.1. The second kappa shape index (κ2) is 10.5. The molecule has 1 aliphatic rings. The van der Waals surface area contributed by atoms with Gasteiger partial charge in [-0.1, -0.05) is 11.8 Å². The largest absolute Gasteiger partial charge is 0.497 e. The fourth-order valence-corrected chi connectivity index (χ4v) is 3.86. The van der Waals surface area contributed by atoms with E-state index in [2.05, 4.69) is 0 Å². The molecule has 1 aliphatic heterocycles. The summed E-state index contributed by atoms with van der Waals surface area (Å²) in [7, 11) is 1.55. The van der Waals surface area contributed by atoms with Gasteiger partial charge in [0.05, 0.1) is 7.11 Å². The molecule has 1 fully saturated rings. The Labute approximate surface area is 172 Å². The molecular weight excluding hydrogens is 404 g/mol. The molecule has 0 bridgehead atoms. The van der Waals surface area contributed by atoms with Gasteiger partial charge in [-0.15, -0.1) is 0 Å². The lowest BCUT2D eigenvalue weighted by atomic mass is 9.99. The lowest BCUT2D eigenvalue weighted by Gasteiger charge is -2.42. The highest BCUT2D eigenvalue weighted by Crippen LogP contribution is 2.36. The molecule has 9 nitrogen and oxygen atoms in total. The zero-order valence-electron chi connectivity index (χ0n) is 16.5. The molecule has 0 unspecified atom stereocenters. The molecule has 1 heterocycles. The van der Waals surface area contributed by atoms with Gasteiger partial charge >= 0.3 is 17.9 Å². The number of ether oxygens (including phenoxy) is 5. The predicted molar refractivity (Wildman–Crippen MR) is 101 cm³/mol. The highest BCUT2D eigenvalue weighted by atomic mass is 32.2. The summed E-state index contributed by atoms with van der Waals surface area (Å²) in [6.07, 6.45) is -4.62. The number of aliphatic hydroxyl groups excluding tert-OH is 1. The molecule has 10 heteroatoms. The Kier molecular flexibility index (Phi) is 8.30. The van der Waals surface area contributed by atoms with E-state index >= 15 is 0 Å². The summed E-state index contributed by atoms with van der Waals surface area (Å²) in [5.41, 5.74) is -0.833. The van der Waals surface area contributed by atoms with E-state index in [0.717, 1.165) is 4.90 Å². The van der Waals surface area contributed by atoms with E-state index in [-0.39, 0.29) is 6.61 Å². The molecule has 0 saturated carbocycles. The zero-order chi connectivity index (χ0) is 21.6. The number of rotatable bonds is 7. The second-order valence-electron chi connectivity index (χ2n) is 6.28. The fourth-order valence-electron chi connectivity index (χ4n) is 2.75. The molecule has 1 aromatic carbocycles. The predicted octanol–water partition coefficient (Wildman–Crippen LogP) is 1.30. The summed E-state index contributed by atoms with van der Waals surface area (Å²) >= 11 is 1.21. The number of hydrogen-bond acceptors (Lipinski definition) is 10. The summed E-state index contributed by atoms with van der Waals surface area (Å²) < 4.78 is 26.5. The third-order valence-corrected chi connectivity index (χ3v) is 5.14. The molecule has 0 aromatic heterocycles. The first-order chi connectivity index (χ1) is 13.7. The van der Waals surface area contributed by atoms with E-state index in [4.69, 9.17) is 23.7 Å². The summed E-state index contributed by atoms with van der Waals surface area (Å²) in [5.74, 6) is -1.17. The average molecular weight is 428 g/mol. The van der Waals surface area contributed by atoms with E-state index in [1.54, 1.807) is 31.4 Å². The number of methoxy groups -OCH3 is 1.